The number of likely N-dealkylation sites (tertiary alicyclic amines) is 1. The average molecular weight is 331 g/mol. The molecule has 24 heavy (non-hydrogen) atoms. The fourth-order valence-corrected chi connectivity index (χ4v) is 3.01. The van der Waals surface area contributed by atoms with Crippen molar-refractivity contribution in [3.8, 4) is 0 Å². The Hall–Kier alpha value is -1.88. The van der Waals surface area contributed by atoms with Crippen LogP contribution in [0.15, 0.2) is 24.3 Å². The Kier molecular flexibility index (Phi) is 6.37. The Morgan fingerprint density at radius 2 is 1.83 bits per heavy atom. The van der Waals surface area contributed by atoms with Crippen molar-refractivity contribution in [3.05, 3.63) is 35.4 Å². The zero-order chi connectivity index (χ0) is 17.7. The normalized spacial score (nSPS) is 17.0. The number of nitrogens with one attached hydrogen (secondary N) is 1. The SMILES string of the molecule is CNC(=O)c1ccc(CN(C)C(C)C(=O)N2CCC(C)CC2)cc1. The van der Waals surface area contributed by atoms with E-state index in [4.69, 9.17) is 0 Å². The maximum atomic E-state index is 12.7. The van der Waals surface area contributed by atoms with Crippen LogP contribution < -0.4 is 5.32 Å². The highest BCUT2D eigenvalue weighted by Crippen LogP contribution is 2.18. The first-order valence-corrected chi connectivity index (χ1v) is 8.72. The predicted octanol–water partition coefficient (Wildman–Crippen LogP) is 2.12. The second-order valence-electron chi connectivity index (χ2n) is 6.87. The second kappa shape index (κ2) is 8.29. The molecule has 1 unspecified atom stereocenters. The van der Waals surface area contributed by atoms with Crippen LogP contribution in [0.4, 0.5) is 0 Å². The van der Waals surface area contributed by atoms with Gasteiger partial charge >= 0.3 is 0 Å². The van der Waals surface area contributed by atoms with Crippen molar-refractivity contribution in [2.24, 2.45) is 5.92 Å². The minimum atomic E-state index is -0.142. The number of carbonyl (C=O) groups is 2. The largest absolute Gasteiger partial charge is 0.355 e. The number of amides is 2. The quantitative estimate of drug-likeness (QED) is 0.899. The van der Waals surface area contributed by atoms with Crippen molar-refractivity contribution >= 4 is 11.8 Å². The van der Waals surface area contributed by atoms with E-state index in [1.165, 1.54) is 0 Å². The second-order valence-corrected chi connectivity index (χ2v) is 6.87. The Labute approximate surface area is 145 Å². The van der Waals surface area contributed by atoms with E-state index in [0.717, 1.165) is 37.4 Å². The van der Waals surface area contributed by atoms with E-state index in [1.54, 1.807) is 7.05 Å². The molecule has 0 bridgehead atoms. The first kappa shape index (κ1) is 18.5. The molecule has 0 aliphatic carbocycles. The summed E-state index contributed by atoms with van der Waals surface area (Å²) in [5.41, 5.74) is 1.74. The molecule has 132 valence electrons. The molecule has 2 rings (SSSR count). The number of hydrogen-bond donors (Lipinski definition) is 1. The molecule has 0 aromatic heterocycles. The van der Waals surface area contributed by atoms with Gasteiger partial charge in [0, 0.05) is 32.2 Å². The lowest BCUT2D eigenvalue weighted by atomic mass is 9.98. The van der Waals surface area contributed by atoms with Crippen LogP contribution in [0.3, 0.4) is 0 Å². The number of hydrogen-bond acceptors (Lipinski definition) is 3. The monoisotopic (exact) mass is 331 g/mol. The molecule has 1 aliphatic heterocycles. The topological polar surface area (TPSA) is 52.7 Å². The van der Waals surface area contributed by atoms with Crippen LogP contribution in [0.25, 0.3) is 0 Å². The van der Waals surface area contributed by atoms with Crippen molar-refractivity contribution in [2.75, 3.05) is 27.2 Å². The first-order chi connectivity index (χ1) is 11.4. The van der Waals surface area contributed by atoms with Crippen molar-refractivity contribution < 1.29 is 9.59 Å². The van der Waals surface area contributed by atoms with Crippen LogP contribution in [-0.4, -0.2) is 54.8 Å². The molecule has 1 N–H and O–H groups in total. The highest BCUT2D eigenvalue weighted by Gasteiger charge is 2.26. The highest BCUT2D eigenvalue weighted by atomic mass is 16.2. The Balaban J connectivity index is 1.92. The summed E-state index contributed by atoms with van der Waals surface area (Å²) in [6.45, 7) is 6.66. The van der Waals surface area contributed by atoms with E-state index in [0.29, 0.717) is 12.1 Å². The fourth-order valence-electron chi connectivity index (χ4n) is 3.01. The third kappa shape index (κ3) is 4.57. The van der Waals surface area contributed by atoms with Crippen LogP contribution in [0.1, 0.15) is 42.6 Å². The Morgan fingerprint density at radius 1 is 1.25 bits per heavy atom. The van der Waals surface area contributed by atoms with E-state index >= 15 is 0 Å². The van der Waals surface area contributed by atoms with Crippen molar-refractivity contribution in [3.63, 3.8) is 0 Å². The standard InChI is InChI=1S/C19H29N3O2/c1-14-9-11-22(12-10-14)19(24)15(2)21(4)13-16-5-7-17(8-6-16)18(23)20-3/h5-8,14-15H,9-13H2,1-4H3,(H,20,23). The van der Waals surface area contributed by atoms with Gasteiger partial charge in [-0.25, -0.2) is 0 Å². The van der Waals surface area contributed by atoms with Crippen LogP contribution in [0.5, 0.6) is 0 Å². The molecule has 1 aromatic rings. The van der Waals surface area contributed by atoms with Crippen LogP contribution in [-0.2, 0) is 11.3 Å². The summed E-state index contributed by atoms with van der Waals surface area (Å²) < 4.78 is 0. The predicted molar refractivity (Wildman–Crippen MR) is 95.7 cm³/mol. The molecule has 1 atom stereocenters. The maximum Gasteiger partial charge on any atom is 0.251 e. The molecule has 0 radical (unpaired) electrons. The molecule has 0 saturated carbocycles. The first-order valence-electron chi connectivity index (χ1n) is 8.72. The lowest BCUT2D eigenvalue weighted by molar-refractivity contribution is -0.137. The summed E-state index contributed by atoms with van der Waals surface area (Å²) >= 11 is 0. The molecule has 1 aromatic carbocycles. The lowest BCUT2D eigenvalue weighted by Gasteiger charge is -2.34. The average Bonchev–Trinajstić information content (AvgIpc) is 2.61. The van der Waals surface area contributed by atoms with Gasteiger partial charge in [-0.05, 0) is 50.4 Å². The van der Waals surface area contributed by atoms with E-state index in [-0.39, 0.29) is 17.9 Å². The third-order valence-electron chi connectivity index (χ3n) is 4.99. The number of likely N-dealkylation sites (N-methyl/N-ethyl adjacent to an activating group) is 1. The minimum absolute atomic E-state index is 0.0854. The molecule has 5 nitrogen and oxygen atoms in total. The molecule has 1 heterocycles. The smallest absolute Gasteiger partial charge is 0.251 e. The van der Waals surface area contributed by atoms with Gasteiger partial charge in [0.05, 0.1) is 6.04 Å². The molecule has 1 saturated heterocycles. The number of rotatable bonds is 5. The summed E-state index contributed by atoms with van der Waals surface area (Å²) in [6, 6.07) is 7.39. The number of piperidine rings is 1. The van der Waals surface area contributed by atoms with Gasteiger partial charge in [-0.2, -0.15) is 0 Å². The minimum Gasteiger partial charge on any atom is -0.355 e. The molecular weight excluding hydrogens is 302 g/mol. The van der Waals surface area contributed by atoms with Gasteiger partial charge in [0.1, 0.15) is 0 Å². The summed E-state index contributed by atoms with van der Waals surface area (Å²) in [5, 5.41) is 2.61. The molecule has 2 amide bonds. The zero-order valence-electron chi connectivity index (χ0n) is 15.2. The van der Waals surface area contributed by atoms with Gasteiger partial charge < -0.3 is 10.2 Å². The van der Waals surface area contributed by atoms with Gasteiger partial charge in [-0.1, -0.05) is 19.1 Å². The van der Waals surface area contributed by atoms with Crippen LogP contribution in [0, 0.1) is 5.92 Å². The van der Waals surface area contributed by atoms with Crippen LogP contribution >= 0.6 is 0 Å². The van der Waals surface area contributed by atoms with Gasteiger partial charge in [-0.15, -0.1) is 0 Å². The summed E-state index contributed by atoms with van der Waals surface area (Å²) in [4.78, 5) is 28.3. The summed E-state index contributed by atoms with van der Waals surface area (Å²) in [5.74, 6) is 0.852. The third-order valence-corrected chi connectivity index (χ3v) is 4.99. The Morgan fingerprint density at radius 3 is 2.38 bits per heavy atom. The van der Waals surface area contributed by atoms with Crippen LogP contribution in [0.2, 0.25) is 0 Å². The summed E-state index contributed by atoms with van der Waals surface area (Å²) in [7, 11) is 3.60. The lowest BCUT2D eigenvalue weighted by Crippen LogP contribution is -2.48. The fraction of sp³-hybridized carbons (Fsp3) is 0.579. The van der Waals surface area contributed by atoms with E-state index in [2.05, 4.69) is 17.1 Å². The van der Waals surface area contributed by atoms with Crippen molar-refractivity contribution in [1.29, 1.82) is 0 Å². The van der Waals surface area contributed by atoms with Gasteiger partial charge in [0.2, 0.25) is 5.91 Å². The van der Waals surface area contributed by atoms with Gasteiger partial charge in [0.15, 0.2) is 0 Å². The molecule has 1 fully saturated rings. The maximum absolute atomic E-state index is 12.7. The molecular formula is C19H29N3O2. The molecule has 1 aliphatic rings. The molecule has 0 spiro atoms. The van der Waals surface area contributed by atoms with E-state index in [1.807, 2.05) is 43.1 Å². The van der Waals surface area contributed by atoms with Crippen molar-refractivity contribution in [2.45, 2.75) is 39.3 Å². The van der Waals surface area contributed by atoms with Gasteiger partial charge in [-0.3, -0.25) is 14.5 Å². The van der Waals surface area contributed by atoms with E-state index < -0.39 is 0 Å². The number of carbonyl (C=O) groups excluding carboxylic acids is 2. The Bertz CT molecular complexity index is 562. The van der Waals surface area contributed by atoms with E-state index in [9.17, 15) is 9.59 Å². The highest BCUT2D eigenvalue weighted by molar-refractivity contribution is 5.93. The van der Waals surface area contributed by atoms with Gasteiger partial charge in [0.25, 0.3) is 5.91 Å². The summed E-state index contributed by atoms with van der Waals surface area (Å²) in [6.07, 6.45) is 2.20. The van der Waals surface area contributed by atoms with Crippen molar-refractivity contribution in [1.82, 2.24) is 15.1 Å². The number of nitrogens with zero attached hydrogens (tertiary/aromatic N) is 2. The molecule has 5 heteroatoms. The zero-order valence-corrected chi connectivity index (χ0v) is 15.2. The number of benzene rings is 1.